The molecule has 0 N–H and O–H groups in total. The monoisotopic (exact) mass is 286 g/mol. The van der Waals surface area contributed by atoms with Crippen LogP contribution in [0, 0.1) is 0 Å². The number of rotatable bonds is 3. The lowest BCUT2D eigenvalue weighted by atomic mass is 10.0. The third-order valence-electron chi connectivity index (χ3n) is 4.28. The first-order valence-corrected chi connectivity index (χ1v) is 7.77. The van der Waals surface area contributed by atoms with E-state index in [1.165, 1.54) is 21.9 Å². The molecular formula is C20H18N2. The maximum Gasteiger partial charge on any atom is 0.114 e. The maximum atomic E-state index is 4.85. The summed E-state index contributed by atoms with van der Waals surface area (Å²) < 4.78 is 2.32. The number of benzene rings is 3. The van der Waals surface area contributed by atoms with Crippen LogP contribution in [0.2, 0.25) is 0 Å². The number of para-hydroxylation sites is 2. The molecule has 1 heterocycles. The molecule has 2 heteroatoms. The Morgan fingerprint density at radius 2 is 1.64 bits per heavy atom. The van der Waals surface area contributed by atoms with Crippen LogP contribution in [0.1, 0.15) is 18.3 Å². The molecule has 4 rings (SSSR count). The van der Waals surface area contributed by atoms with Gasteiger partial charge in [-0.05, 0) is 35.4 Å². The molecule has 0 aliphatic heterocycles. The zero-order valence-corrected chi connectivity index (χ0v) is 12.7. The Kier molecular flexibility index (Phi) is 3.15. The molecule has 22 heavy (non-hydrogen) atoms. The van der Waals surface area contributed by atoms with E-state index < -0.39 is 0 Å². The van der Waals surface area contributed by atoms with Crippen LogP contribution < -0.4 is 0 Å². The summed E-state index contributed by atoms with van der Waals surface area (Å²) in [5.74, 6) is 1.14. The SMILES string of the molecule is CCn1c(Cc2cccc3ccccc23)nc2ccccc21. The molecular weight excluding hydrogens is 268 g/mol. The third-order valence-corrected chi connectivity index (χ3v) is 4.28. The van der Waals surface area contributed by atoms with Gasteiger partial charge in [0.2, 0.25) is 0 Å². The Bertz CT molecular complexity index is 945. The average Bonchev–Trinajstić information content (AvgIpc) is 2.92. The fourth-order valence-electron chi connectivity index (χ4n) is 3.23. The lowest BCUT2D eigenvalue weighted by Gasteiger charge is -2.08. The van der Waals surface area contributed by atoms with Gasteiger partial charge in [0.1, 0.15) is 5.82 Å². The lowest BCUT2D eigenvalue weighted by molar-refractivity contribution is 0.734. The Morgan fingerprint density at radius 1 is 0.864 bits per heavy atom. The van der Waals surface area contributed by atoms with Crippen LogP contribution >= 0.6 is 0 Å². The van der Waals surface area contributed by atoms with E-state index in [2.05, 4.69) is 78.2 Å². The second kappa shape index (κ2) is 5.30. The van der Waals surface area contributed by atoms with Crippen molar-refractivity contribution in [1.29, 1.82) is 0 Å². The van der Waals surface area contributed by atoms with Crippen LogP contribution in [0.4, 0.5) is 0 Å². The second-order valence-corrected chi connectivity index (χ2v) is 5.58. The number of hydrogen-bond donors (Lipinski definition) is 0. The van der Waals surface area contributed by atoms with E-state index in [4.69, 9.17) is 4.98 Å². The standard InChI is InChI=1S/C20H18N2/c1-2-22-19-13-6-5-12-18(19)21-20(22)14-16-10-7-9-15-8-3-4-11-17(15)16/h3-13H,2,14H2,1H3. The van der Waals surface area contributed by atoms with Gasteiger partial charge in [-0.2, -0.15) is 0 Å². The highest BCUT2D eigenvalue weighted by molar-refractivity contribution is 5.86. The van der Waals surface area contributed by atoms with E-state index in [1.54, 1.807) is 0 Å². The molecule has 0 atom stereocenters. The van der Waals surface area contributed by atoms with Crippen LogP contribution in [-0.2, 0) is 13.0 Å². The molecule has 0 spiro atoms. The summed E-state index contributed by atoms with van der Waals surface area (Å²) in [7, 11) is 0. The van der Waals surface area contributed by atoms with E-state index in [-0.39, 0.29) is 0 Å². The molecule has 0 saturated carbocycles. The van der Waals surface area contributed by atoms with Crippen LogP contribution in [0.5, 0.6) is 0 Å². The van der Waals surface area contributed by atoms with E-state index in [9.17, 15) is 0 Å². The lowest BCUT2D eigenvalue weighted by Crippen LogP contribution is -2.03. The second-order valence-electron chi connectivity index (χ2n) is 5.58. The largest absolute Gasteiger partial charge is 0.328 e. The minimum atomic E-state index is 0.865. The number of aromatic nitrogens is 2. The highest BCUT2D eigenvalue weighted by Gasteiger charge is 2.11. The summed E-state index contributed by atoms with van der Waals surface area (Å²) in [6.07, 6.45) is 0.865. The van der Waals surface area contributed by atoms with Crippen molar-refractivity contribution < 1.29 is 0 Å². The van der Waals surface area contributed by atoms with Gasteiger partial charge in [-0.15, -0.1) is 0 Å². The van der Waals surface area contributed by atoms with Crippen molar-refractivity contribution in [3.63, 3.8) is 0 Å². The van der Waals surface area contributed by atoms with Crippen LogP contribution in [0.25, 0.3) is 21.8 Å². The molecule has 2 nitrogen and oxygen atoms in total. The summed E-state index contributed by atoms with van der Waals surface area (Å²) >= 11 is 0. The molecule has 0 fully saturated rings. The zero-order valence-electron chi connectivity index (χ0n) is 12.7. The van der Waals surface area contributed by atoms with Gasteiger partial charge in [-0.3, -0.25) is 0 Å². The number of hydrogen-bond acceptors (Lipinski definition) is 1. The number of nitrogens with zero attached hydrogens (tertiary/aromatic N) is 2. The first kappa shape index (κ1) is 13.1. The fraction of sp³-hybridized carbons (Fsp3) is 0.150. The highest BCUT2D eigenvalue weighted by atomic mass is 15.1. The van der Waals surface area contributed by atoms with Crippen molar-refractivity contribution in [3.05, 3.63) is 78.1 Å². The summed E-state index contributed by atoms with van der Waals surface area (Å²) in [6, 6.07) is 23.5. The van der Waals surface area contributed by atoms with Crippen molar-refractivity contribution in [2.75, 3.05) is 0 Å². The van der Waals surface area contributed by atoms with Crippen LogP contribution in [-0.4, -0.2) is 9.55 Å². The van der Waals surface area contributed by atoms with E-state index >= 15 is 0 Å². The minimum Gasteiger partial charge on any atom is -0.328 e. The molecule has 0 amide bonds. The van der Waals surface area contributed by atoms with Gasteiger partial charge >= 0.3 is 0 Å². The maximum absolute atomic E-state index is 4.85. The molecule has 0 saturated heterocycles. The van der Waals surface area contributed by atoms with Gasteiger partial charge in [-0.25, -0.2) is 4.98 Å². The Balaban J connectivity index is 1.86. The summed E-state index contributed by atoms with van der Waals surface area (Å²) in [5.41, 5.74) is 3.64. The normalized spacial score (nSPS) is 11.3. The topological polar surface area (TPSA) is 17.8 Å². The van der Waals surface area contributed by atoms with Crippen LogP contribution in [0.3, 0.4) is 0 Å². The van der Waals surface area contributed by atoms with Gasteiger partial charge in [0.15, 0.2) is 0 Å². The zero-order chi connectivity index (χ0) is 14.9. The fourth-order valence-corrected chi connectivity index (χ4v) is 3.23. The van der Waals surface area contributed by atoms with Crippen molar-refractivity contribution >= 4 is 21.8 Å². The quantitative estimate of drug-likeness (QED) is 0.529. The summed E-state index contributed by atoms with van der Waals surface area (Å²) in [4.78, 5) is 4.85. The molecule has 108 valence electrons. The van der Waals surface area contributed by atoms with Gasteiger partial charge in [0.05, 0.1) is 11.0 Å². The van der Waals surface area contributed by atoms with Gasteiger partial charge in [-0.1, -0.05) is 54.6 Å². The molecule has 0 aliphatic rings. The van der Waals surface area contributed by atoms with Gasteiger partial charge in [0.25, 0.3) is 0 Å². The molecule has 0 bridgehead atoms. The molecule has 0 unspecified atom stereocenters. The Labute approximate surface area is 130 Å². The smallest absolute Gasteiger partial charge is 0.114 e. The number of imidazole rings is 1. The first-order chi connectivity index (χ1) is 10.9. The van der Waals surface area contributed by atoms with Gasteiger partial charge in [0, 0.05) is 13.0 Å². The highest BCUT2D eigenvalue weighted by Crippen LogP contribution is 2.23. The summed E-state index contributed by atoms with van der Waals surface area (Å²) in [6.45, 7) is 3.13. The van der Waals surface area contributed by atoms with Crippen molar-refractivity contribution in [2.24, 2.45) is 0 Å². The third kappa shape index (κ3) is 2.08. The molecule has 0 radical (unpaired) electrons. The number of fused-ring (bicyclic) bond motifs is 2. The first-order valence-electron chi connectivity index (χ1n) is 7.77. The molecule has 3 aromatic carbocycles. The molecule has 0 aliphatic carbocycles. The summed E-state index contributed by atoms with van der Waals surface area (Å²) in [5, 5.41) is 2.61. The van der Waals surface area contributed by atoms with E-state index in [0.29, 0.717) is 0 Å². The predicted octanol–water partition coefficient (Wildman–Crippen LogP) is 4.80. The van der Waals surface area contributed by atoms with E-state index in [0.717, 1.165) is 24.3 Å². The van der Waals surface area contributed by atoms with Crippen molar-refractivity contribution in [3.8, 4) is 0 Å². The van der Waals surface area contributed by atoms with Crippen LogP contribution in [0.15, 0.2) is 66.7 Å². The number of aryl methyl sites for hydroxylation is 1. The Hall–Kier alpha value is -2.61. The van der Waals surface area contributed by atoms with E-state index in [1.807, 2.05) is 0 Å². The predicted molar refractivity (Wildman–Crippen MR) is 92.2 cm³/mol. The average molecular weight is 286 g/mol. The Morgan fingerprint density at radius 3 is 2.55 bits per heavy atom. The van der Waals surface area contributed by atoms with Crippen molar-refractivity contribution in [1.82, 2.24) is 9.55 Å². The minimum absolute atomic E-state index is 0.865. The van der Waals surface area contributed by atoms with Gasteiger partial charge < -0.3 is 4.57 Å². The molecule has 1 aromatic heterocycles. The molecule has 4 aromatic rings. The van der Waals surface area contributed by atoms with Crippen molar-refractivity contribution in [2.45, 2.75) is 19.9 Å².